The van der Waals surface area contributed by atoms with Gasteiger partial charge < -0.3 is 10.0 Å². The molecule has 0 heterocycles. The molecule has 0 aromatic carbocycles. The standard InChI is InChI=1S/C6H13NO2/c1-3-7(4-5-8)6(2)9/h8H,3-5H2,1-2H3. The fraction of sp³-hybridized carbons (Fsp3) is 0.833. The molecule has 0 saturated carbocycles. The number of likely N-dealkylation sites (N-methyl/N-ethyl adjacent to an activating group) is 1. The second-order valence-corrected chi connectivity index (χ2v) is 1.82. The van der Waals surface area contributed by atoms with Gasteiger partial charge in [0.1, 0.15) is 0 Å². The van der Waals surface area contributed by atoms with E-state index in [-0.39, 0.29) is 12.5 Å². The summed E-state index contributed by atoms with van der Waals surface area (Å²) in [7, 11) is 0. The van der Waals surface area contributed by atoms with Gasteiger partial charge in [0, 0.05) is 20.0 Å². The van der Waals surface area contributed by atoms with Crippen molar-refractivity contribution in [3.8, 4) is 0 Å². The molecule has 0 saturated heterocycles. The van der Waals surface area contributed by atoms with Crippen molar-refractivity contribution in [1.82, 2.24) is 4.90 Å². The molecule has 0 aliphatic heterocycles. The Labute approximate surface area is 55.3 Å². The lowest BCUT2D eigenvalue weighted by Crippen LogP contribution is -2.30. The van der Waals surface area contributed by atoms with Gasteiger partial charge in [-0.25, -0.2) is 0 Å². The zero-order chi connectivity index (χ0) is 7.28. The number of aliphatic hydroxyl groups is 1. The minimum atomic E-state index is 0.0200. The molecule has 0 aromatic heterocycles. The zero-order valence-electron chi connectivity index (χ0n) is 5.92. The maximum absolute atomic E-state index is 10.6. The van der Waals surface area contributed by atoms with Crippen molar-refractivity contribution >= 4 is 5.91 Å². The van der Waals surface area contributed by atoms with E-state index in [1.165, 1.54) is 6.92 Å². The number of carbonyl (C=O) groups excluding carboxylic acids is 1. The lowest BCUT2D eigenvalue weighted by Gasteiger charge is -2.16. The van der Waals surface area contributed by atoms with Crippen LogP contribution in [0.2, 0.25) is 0 Å². The first-order valence-corrected chi connectivity index (χ1v) is 3.08. The Morgan fingerprint density at radius 1 is 1.67 bits per heavy atom. The number of rotatable bonds is 3. The predicted molar refractivity (Wildman–Crippen MR) is 35.0 cm³/mol. The van der Waals surface area contributed by atoms with Crippen LogP contribution in [0.15, 0.2) is 0 Å². The third-order valence-electron chi connectivity index (χ3n) is 1.20. The fourth-order valence-corrected chi connectivity index (χ4v) is 0.659. The Morgan fingerprint density at radius 2 is 2.22 bits per heavy atom. The van der Waals surface area contributed by atoms with Crippen LogP contribution in [0, 0.1) is 0 Å². The van der Waals surface area contributed by atoms with Crippen LogP contribution in [0.3, 0.4) is 0 Å². The maximum Gasteiger partial charge on any atom is 0.219 e. The van der Waals surface area contributed by atoms with Gasteiger partial charge in [0.15, 0.2) is 0 Å². The van der Waals surface area contributed by atoms with Crippen molar-refractivity contribution in [1.29, 1.82) is 0 Å². The Bertz CT molecular complexity index is 93.1. The van der Waals surface area contributed by atoms with E-state index in [9.17, 15) is 4.79 Å². The summed E-state index contributed by atoms with van der Waals surface area (Å²) in [5.41, 5.74) is 0. The molecule has 0 spiro atoms. The molecule has 9 heavy (non-hydrogen) atoms. The first-order chi connectivity index (χ1) is 4.22. The third-order valence-corrected chi connectivity index (χ3v) is 1.20. The van der Waals surface area contributed by atoms with Gasteiger partial charge in [0.25, 0.3) is 0 Å². The zero-order valence-corrected chi connectivity index (χ0v) is 5.92. The summed E-state index contributed by atoms with van der Waals surface area (Å²) in [5, 5.41) is 8.42. The summed E-state index contributed by atoms with van der Waals surface area (Å²) in [5.74, 6) is 0.0200. The lowest BCUT2D eigenvalue weighted by molar-refractivity contribution is -0.129. The molecule has 0 aliphatic carbocycles. The van der Waals surface area contributed by atoms with Crippen LogP contribution in [0.25, 0.3) is 0 Å². The third kappa shape index (κ3) is 3.08. The number of hydrogen-bond donors (Lipinski definition) is 1. The lowest BCUT2D eigenvalue weighted by atomic mass is 10.5. The normalized spacial score (nSPS) is 9.22. The SMILES string of the molecule is CCN(CCO)C(C)=O. The van der Waals surface area contributed by atoms with Crippen molar-refractivity contribution in [2.45, 2.75) is 13.8 Å². The van der Waals surface area contributed by atoms with Gasteiger partial charge in [-0.3, -0.25) is 4.79 Å². The number of amides is 1. The Hall–Kier alpha value is -0.570. The van der Waals surface area contributed by atoms with Crippen LogP contribution in [0.1, 0.15) is 13.8 Å². The van der Waals surface area contributed by atoms with Crippen LogP contribution in [-0.2, 0) is 4.79 Å². The van der Waals surface area contributed by atoms with E-state index in [1.54, 1.807) is 4.90 Å². The largest absolute Gasteiger partial charge is 0.395 e. The molecule has 0 fully saturated rings. The molecule has 0 rings (SSSR count). The molecule has 54 valence electrons. The monoisotopic (exact) mass is 131 g/mol. The van der Waals surface area contributed by atoms with E-state index in [1.807, 2.05) is 6.92 Å². The highest BCUT2D eigenvalue weighted by molar-refractivity contribution is 5.73. The van der Waals surface area contributed by atoms with E-state index < -0.39 is 0 Å². The van der Waals surface area contributed by atoms with Crippen LogP contribution in [0.5, 0.6) is 0 Å². The van der Waals surface area contributed by atoms with E-state index >= 15 is 0 Å². The molecule has 0 radical (unpaired) electrons. The molecule has 3 nitrogen and oxygen atoms in total. The summed E-state index contributed by atoms with van der Waals surface area (Å²) < 4.78 is 0. The number of nitrogens with zero attached hydrogens (tertiary/aromatic N) is 1. The first kappa shape index (κ1) is 8.43. The minimum Gasteiger partial charge on any atom is -0.395 e. The van der Waals surface area contributed by atoms with Crippen LogP contribution >= 0.6 is 0 Å². The van der Waals surface area contributed by atoms with Gasteiger partial charge in [-0.15, -0.1) is 0 Å². The summed E-state index contributed by atoms with van der Waals surface area (Å²) in [6.07, 6.45) is 0. The molecule has 3 heteroatoms. The van der Waals surface area contributed by atoms with Gasteiger partial charge in [-0.1, -0.05) is 0 Å². The second-order valence-electron chi connectivity index (χ2n) is 1.82. The van der Waals surface area contributed by atoms with Gasteiger partial charge in [-0.2, -0.15) is 0 Å². The minimum absolute atomic E-state index is 0.0200. The number of aliphatic hydroxyl groups excluding tert-OH is 1. The molecular weight excluding hydrogens is 118 g/mol. The smallest absolute Gasteiger partial charge is 0.219 e. The van der Waals surface area contributed by atoms with E-state index in [0.717, 1.165) is 0 Å². The van der Waals surface area contributed by atoms with Crippen LogP contribution in [-0.4, -0.2) is 35.6 Å². The second kappa shape index (κ2) is 4.32. The maximum atomic E-state index is 10.6. The Balaban J connectivity index is 3.54. The van der Waals surface area contributed by atoms with Crippen molar-refractivity contribution < 1.29 is 9.90 Å². The van der Waals surface area contributed by atoms with Crippen LogP contribution in [0.4, 0.5) is 0 Å². The summed E-state index contributed by atoms with van der Waals surface area (Å²) in [6, 6.07) is 0. The van der Waals surface area contributed by atoms with Crippen molar-refractivity contribution in [2.75, 3.05) is 19.7 Å². The predicted octanol–water partition coefficient (Wildman–Crippen LogP) is -0.153. The van der Waals surface area contributed by atoms with Crippen molar-refractivity contribution in [3.05, 3.63) is 0 Å². The van der Waals surface area contributed by atoms with Crippen molar-refractivity contribution in [3.63, 3.8) is 0 Å². The van der Waals surface area contributed by atoms with Gasteiger partial charge in [0.2, 0.25) is 5.91 Å². The Morgan fingerprint density at radius 3 is 2.33 bits per heavy atom. The van der Waals surface area contributed by atoms with Crippen LogP contribution < -0.4 is 0 Å². The highest BCUT2D eigenvalue weighted by Crippen LogP contribution is 1.85. The highest BCUT2D eigenvalue weighted by atomic mass is 16.3. The molecule has 1 amide bonds. The highest BCUT2D eigenvalue weighted by Gasteiger charge is 2.02. The van der Waals surface area contributed by atoms with Gasteiger partial charge >= 0.3 is 0 Å². The molecule has 0 bridgehead atoms. The summed E-state index contributed by atoms with van der Waals surface area (Å²) in [4.78, 5) is 12.2. The number of carbonyl (C=O) groups is 1. The first-order valence-electron chi connectivity index (χ1n) is 3.08. The fourth-order valence-electron chi connectivity index (χ4n) is 0.659. The molecule has 0 aliphatic rings. The molecular formula is C6H13NO2. The van der Waals surface area contributed by atoms with Gasteiger partial charge in [0.05, 0.1) is 6.61 Å². The average Bonchev–Trinajstić information content (AvgIpc) is 1.82. The molecule has 0 unspecified atom stereocenters. The summed E-state index contributed by atoms with van der Waals surface area (Å²) in [6.45, 7) is 4.56. The quantitative estimate of drug-likeness (QED) is 0.578. The Kier molecular flexibility index (Phi) is 4.05. The summed E-state index contributed by atoms with van der Waals surface area (Å²) >= 11 is 0. The van der Waals surface area contributed by atoms with Gasteiger partial charge in [-0.05, 0) is 6.92 Å². The number of hydrogen-bond acceptors (Lipinski definition) is 2. The topological polar surface area (TPSA) is 40.5 Å². The van der Waals surface area contributed by atoms with E-state index in [2.05, 4.69) is 0 Å². The van der Waals surface area contributed by atoms with Crippen molar-refractivity contribution in [2.24, 2.45) is 0 Å². The molecule has 1 N–H and O–H groups in total. The van der Waals surface area contributed by atoms with E-state index in [0.29, 0.717) is 13.1 Å². The molecule has 0 aromatic rings. The van der Waals surface area contributed by atoms with E-state index in [4.69, 9.17) is 5.11 Å². The molecule has 0 atom stereocenters. The average molecular weight is 131 g/mol.